The SMILES string of the molecule is CNC(C)c1c(OC)cccc1Sc1nc(C)ns1. The van der Waals surface area contributed by atoms with Crippen LogP contribution in [0.2, 0.25) is 0 Å². The molecule has 0 aliphatic rings. The van der Waals surface area contributed by atoms with E-state index in [0.29, 0.717) is 0 Å². The number of hydrogen-bond donors (Lipinski definition) is 1. The molecular weight excluding hydrogens is 278 g/mol. The number of hydrogen-bond acceptors (Lipinski definition) is 6. The second-order valence-electron chi connectivity index (χ2n) is 4.09. The van der Waals surface area contributed by atoms with E-state index in [1.807, 2.05) is 26.1 Å². The number of aryl methyl sites for hydroxylation is 1. The van der Waals surface area contributed by atoms with E-state index in [9.17, 15) is 0 Å². The van der Waals surface area contributed by atoms with Crippen LogP contribution in [0.5, 0.6) is 5.75 Å². The van der Waals surface area contributed by atoms with Crippen LogP contribution in [0.3, 0.4) is 0 Å². The van der Waals surface area contributed by atoms with Crippen molar-refractivity contribution in [3.05, 3.63) is 29.6 Å². The minimum atomic E-state index is 0.215. The van der Waals surface area contributed by atoms with Crippen molar-refractivity contribution in [1.82, 2.24) is 14.7 Å². The molecule has 1 unspecified atom stereocenters. The summed E-state index contributed by atoms with van der Waals surface area (Å²) in [7, 11) is 3.64. The minimum Gasteiger partial charge on any atom is -0.496 e. The van der Waals surface area contributed by atoms with Gasteiger partial charge in [-0.3, -0.25) is 0 Å². The summed E-state index contributed by atoms with van der Waals surface area (Å²) in [4.78, 5) is 5.55. The van der Waals surface area contributed by atoms with Crippen LogP contribution in [0.1, 0.15) is 24.4 Å². The summed E-state index contributed by atoms with van der Waals surface area (Å²) in [6.45, 7) is 4.02. The third-order valence-corrected chi connectivity index (χ3v) is 4.74. The maximum atomic E-state index is 5.47. The molecule has 19 heavy (non-hydrogen) atoms. The summed E-state index contributed by atoms with van der Waals surface area (Å²) in [5, 5.41) is 3.26. The van der Waals surface area contributed by atoms with Gasteiger partial charge in [0, 0.05) is 16.5 Å². The lowest BCUT2D eigenvalue weighted by Gasteiger charge is -2.18. The van der Waals surface area contributed by atoms with Crippen LogP contribution in [-0.2, 0) is 0 Å². The number of methoxy groups -OCH3 is 1. The second-order valence-corrected chi connectivity index (χ2v) is 6.13. The first-order valence-electron chi connectivity index (χ1n) is 5.98. The third-order valence-electron chi connectivity index (χ3n) is 2.82. The summed E-state index contributed by atoms with van der Waals surface area (Å²) >= 11 is 3.06. The zero-order valence-electron chi connectivity index (χ0n) is 11.4. The summed E-state index contributed by atoms with van der Waals surface area (Å²) in [6.07, 6.45) is 0. The third kappa shape index (κ3) is 3.26. The van der Waals surface area contributed by atoms with Gasteiger partial charge in [-0.05, 0) is 44.6 Å². The molecule has 0 aliphatic heterocycles. The van der Waals surface area contributed by atoms with Gasteiger partial charge in [0.15, 0.2) is 4.34 Å². The number of rotatable bonds is 5. The Labute approximate surface area is 121 Å². The molecule has 1 N–H and O–H groups in total. The zero-order valence-corrected chi connectivity index (χ0v) is 13.1. The standard InChI is InChI=1S/C13H17N3OS2/c1-8(14-3)12-10(17-4)6-5-7-11(12)18-13-15-9(2)16-19-13/h5-8,14H,1-4H3. The van der Waals surface area contributed by atoms with Crippen molar-refractivity contribution in [3.8, 4) is 5.75 Å². The van der Waals surface area contributed by atoms with E-state index in [1.165, 1.54) is 11.5 Å². The molecule has 1 heterocycles. The summed E-state index contributed by atoms with van der Waals surface area (Å²) in [5.74, 6) is 1.71. The predicted molar refractivity (Wildman–Crippen MR) is 79.2 cm³/mol. The highest BCUT2D eigenvalue weighted by atomic mass is 32.2. The summed E-state index contributed by atoms with van der Waals surface area (Å²) in [5.41, 5.74) is 1.16. The smallest absolute Gasteiger partial charge is 0.174 e. The monoisotopic (exact) mass is 295 g/mol. The number of aromatic nitrogens is 2. The molecule has 0 bridgehead atoms. The Morgan fingerprint density at radius 1 is 1.42 bits per heavy atom. The van der Waals surface area contributed by atoms with Crippen molar-refractivity contribution >= 4 is 23.3 Å². The van der Waals surface area contributed by atoms with Gasteiger partial charge in [-0.25, -0.2) is 4.98 Å². The maximum absolute atomic E-state index is 5.47. The average molecular weight is 295 g/mol. The Morgan fingerprint density at radius 2 is 2.21 bits per heavy atom. The fourth-order valence-corrected chi connectivity index (χ4v) is 3.63. The van der Waals surface area contributed by atoms with Crippen molar-refractivity contribution < 1.29 is 4.74 Å². The van der Waals surface area contributed by atoms with E-state index in [1.54, 1.807) is 18.9 Å². The molecule has 2 rings (SSSR count). The van der Waals surface area contributed by atoms with Crippen molar-refractivity contribution in [2.75, 3.05) is 14.2 Å². The van der Waals surface area contributed by atoms with Gasteiger partial charge in [-0.1, -0.05) is 17.8 Å². The molecule has 1 aromatic heterocycles. The van der Waals surface area contributed by atoms with Crippen molar-refractivity contribution in [3.63, 3.8) is 0 Å². The van der Waals surface area contributed by atoms with Crippen LogP contribution in [0.4, 0.5) is 0 Å². The normalized spacial score (nSPS) is 12.4. The number of ether oxygens (including phenoxy) is 1. The Morgan fingerprint density at radius 3 is 2.79 bits per heavy atom. The molecule has 4 nitrogen and oxygen atoms in total. The first-order valence-corrected chi connectivity index (χ1v) is 7.57. The molecule has 6 heteroatoms. The molecule has 0 radical (unpaired) electrons. The predicted octanol–water partition coefficient (Wildman–Crippen LogP) is 3.29. The van der Waals surface area contributed by atoms with Gasteiger partial charge < -0.3 is 10.1 Å². The lowest BCUT2D eigenvalue weighted by molar-refractivity contribution is 0.401. The molecule has 0 fully saturated rings. The van der Waals surface area contributed by atoms with E-state index in [4.69, 9.17) is 4.74 Å². The second kappa shape index (κ2) is 6.36. The minimum absolute atomic E-state index is 0.215. The van der Waals surface area contributed by atoms with Crippen LogP contribution in [0.25, 0.3) is 0 Å². The fraction of sp³-hybridized carbons (Fsp3) is 0.385. The molecule has 0 saturated carbocycles. The maximum Gasteiger partial charge on any atom is 0.174 e. The van der Waals surface area contributed by atoms with Gasteiger partial charge >= 0.3 is 0 Å². The van der Waals surface area contributed by atoms with Crippen molar-refractivity contribution in [2.45, 2.75) is 29.1 Å². The number of nitrogens with one attached hydrogen (secondary N) is 1. The Balaban J connectivity index is 2.38. The van der Waals surface area contributed by atoms with Gasteiger partial charge in [-0.2, -0.15) is 4.37 Å². The molecule has 0 spiro atoms. The van der Waals surface area contributed by atoms with Crippen LogP contribution in [-0.4, -0.2) is 23.5 Å². The largest absolute Gasteiger partial charge is 0.496 e. The average Bonchev–Trinajstić information content (AvgIpc) is 2.83. The van der Waals surface area contributed by atoms with Gasteiger partial charge in [0.25, 0.3) is 0 Å². The molecule has 0 saturated heterocycles. The number of nitrogens with zero attached hydrogens (tertiary/aromatic N) is 2. The van der Waals surface area contributed by atoms with Crippen LogP contribution in [0, 0.1) is 6.92 Å². The van der Waals surface area contributed by atoms with E-state index >= 15 is 0 Å². The fourth-order valence-electron chi connectivity index (χ4n) is 1.78. The van der Waals surface area contributed by atoms with E-state index in [-0.39, 0.29) is 6.04 Å². The van der Waals surface area contributed by atoms with E-state index in [2.05, 4.69) is 27.7 Å². The highest BCUT2D eigenvalue weighted by molar-refractivity contribution is 8.01. The topological polar surface area (TPSA) is 47.0 Å². The summed E-state index contributed by atoms with van der Waals surface area (Å²) < 4.78 is 10.6. The lowest BCUT2D eigenvalue weighted by atomic mass is 10.1. The van der Waals surface area contributed by atoms with Crippen molar-refractivity contribution in [1.29, 1.82) is 0 Å². The van der Waals surface area contributed by atoms with Crippen LogP contribution >= 0.6 is 23.3 Å². The Bertz CT molecular complexity index is 557. The molecule has 2 aromatic rings. The van der Waals surface area contributed by atoms with Crippen molar-refractivity contribution in [2.24, 2.45) is 0 Å². The number of benzene rings is 1. The highest BCUT2D eigenvalue weighted by Crippen LogP contribution is 2.38. The Hall–Kier alpha value is -1.11. The Kier molecular flexibility index (Phi) is 4.79. The van der Waals surface area contributed by atoms with E-state index in [0.717, 1.165) is 26.4 Å². The molecular formula is C13H17N3OS2. The summed E-state index contributed by atoms with van der Waals surface area (Å²) in [6, 6.07) is 6.29. The van der Waals surface area contributed by atoms with Gasteiger partial charge in [0.1, 0.15) is 11.6 Å². The van der Waals surface area contributed by atoms with Crippen LogP contribution < -0.4 is 10.1 Å². The molecule has 0 aliphatic carbocycles. The van der Waals surface area contributed by atoms with Crippen LogP contribution in [0.15, 0.2) is 27.4 Å². The molecule has 0 amide bonds. The zero-order chi connectivity index (χ0) is 13.8. The van der Waals surface area contributed by atoms with Gasteiger partial charge in [-0.15, -0.1) is 0 Å². The first kappa shape index (κ1) is 14.3. The lowest BCUT2D eigenvalue weighted by Crippen LogP contribution is -2.14. The molecule has 1 aromatic carbocycles. The molecule has 1 atom stereocenters. The van der Waals surface area contributed by atoms with Gasteiger partial charge in [0.05, 0.1) is 7.11 Å². The van der Waals surface area contributed by atoms with Gasteiger partial charge in [0.2, 0.25) is 0 Å². The highest BCUT2D eigenvalue weighted by Gasteiger charge is 2.16. The molecule has 102 valence electrons. The van der Waals surface area contributed by atoms with E-state index < -0.39 is 0 Å². The first-order chi connectivity index (χ1) is 9.15. The quantitative estimate of drug-likeness (QED) is 0.917.